The molecule has 3 N–H and O–H groups in total. The summed E-state index contributed by atoms with van der Waals surface area (Å²) in [5, 5.41) is 9.12. The Kier molecular flexibility index (Phi) is 7.84. The Morgan fingerprint density at radius 3 is 2.34 bits per heavy atom. The van der Waals surface area contributed by atoms with Crippen molar-refractivity contribution in [2.45, 2.75) is 30.8 Å². The van der Waals surface area contributed by atoms with Gasteiger partial charge in [0, 0.05) is 13.6 Å². The third-order valence-electron chi connectivity index (χ3n) is 5.26. The summed E-state index contributed by atoms with van der Waals surface area (Å²) in [6, 6.07) is 12.7. The van der Waals surface area contributed by atoms with Crippen molar-refractivity contribution >= 4 is 15.9 Å². The Morgan fingerprint density at radius 1 is 1.14 bits per heavy atom. The number of hydrogen-bond donors (Lipinski definition) is 3. The van der Waals surface area contributed by atoms with Crippen LogP contribution in [-0.2, 0) is 21.4 Å². The zero-order valence-electron chi connectivity index (χ0n) is 18.8. The summed E-state index contributed by atoms with van der Waals surface area (Å²) in [5.74, 6) is -1.34. The summed E-state index contributed by atoms with van der Waals surface area (Å²) in [6.45, 7) is 0.716. The van der Waals surface area contributed by atoms with Gasteiger partial charge < -0.3 is 9.72 Å². The zero-order valence-corrected chi connectivity index (χ0v) is 19.6. The normalized spacial score (nSPS) is 12.4. The molecular weight excluding hydrogens is 483 g/mol. The number of ether oxygens (including phenoxy) is 1. The van der Waals surface area contributed by atoms with E-state index in [2.05, 4.69) is 4.98 Å². The van der Waals surface area contributed by atoms with Crippen LogP contribution in [0.5, 0.6) is 11.5 Å². The highest BCUT2D eigenvalue weighted by atomic mass is 32.2. The Bertz CT molecular complexity index is 1420. The molecule has 0 bridgehead atoms. The van der Waals surface area contributed by atoms with Crippen molar-refractivity contribution in [3.05, 3.63) is 86.9 Å². The van der Waals surface area contributed by atoms with E-state index < -0.39 is 52.0 Å². The Morgan fingerprint density at radius 2 is 1.74 bits per heavy atom. The van der Waals surface area contributed by atoms with Crippen LogP contribution in [0, 0.1) is 12.7 Å². The van der Waals surface area contributed by atoms with Crippen LogP contribution < -0.4 is 21.5 Å². The predicted molar refractivity (Wildman–Crippen MR) is 122 cm³/mol. The average Bonchev–Trinajstić information content (AvgIpc) is 2.85. The first-order valence-electron chi connectivity index (χ1n) is 10.3. The van der Waals surface area contributed by atoms with Crippen LogP contribution in [0.4, 0.5) is 4.39 Å². The number of hydrogen-bond acceptors (Lipinski definition) is 7. The van der Waals surface area contributed by atoms with Gasteiger partial charge in [-0.2, -0.15) is 8.70 Å². The van der Waals surface area contributed by atoms with Gasteiger partial charge in [-0.3, -0.25) is 19.4 Å². The number of para-hydroxylation sites is 1. The molecule has 1 unspecified atom stereocenters. The van der Waals surface area contributed by atoms with Crippen molar-refractivity contribution in [1.29, 1.82) is 0 Å². The molecule has 1 heterocycles. The van der Waals surface area contributed by atoms with Crippen LogP contribution in [0.3, 0.4) is 0 Å². The number of aryl methyl sites for hydroxylation is 1. The number of H-pyrrole nitrogens is 1. The van der Waals surface area contributed by atoms with E-state index in [1.54, 1.807) is 24.3 Å². The van der Waals surface area contributed by atoms with Crippen molar-refractivity contribution in [1.82, 2.24) is 19.3 Å². The van der Waals surface area contributed by atoms with Gasteiger partial charge in [-0.25, -0.2) is 18.7 Å². The fourth-order valence-electron chi connectivity index (χ4n) is 3.30. The number of rotatable bonds is 9. The van der Waals surface area contributed by atoms with E-state index >= 15 is 0 Å². The van der Waals surface area contributed by atoms with Crippen LogP contribution >= 0.6 is 0 Å². The molecule has 0 aliphatic carbocycles. The molecule has 0 aliphatic rings. The topological polar surface area (TPSA) is 151 Å². The quantitative estimate of drug-likeness (QED) is 0.293. The van der Waals surface area contributed by atoms with Crippen LogP contribution in [-0.4, -0.2) is 46.5 Å². The van der Waals surface area contributed by atoms with Crippen molar-refractivity contribution < 1.29 is 27.5 Å². The van der Waals surface area contributed by atoms with Crippen molar-refractivity contribution in [3.8, 4) is 11.5 Å². The van der Waals surface area contributed by atoms with Gasteiger partial charge in [0.05, 0.1) is 10.6 Å². The molecule has 3 rings (SSSR count). The lowest BCUT2D eigenvalue weighted by Gasteiger charge is -2.26. The second-order valence-corrected chi connectivity index (χ2v) is 9.51. The number of hydroxylamine groups is 1. The number of likely N-dealkylation sites (N-methyl/N-ethyl adjacent to an activating group) is 1. The van der Waals surface area contributed by atoms with Crippen LogP contribution in [0.25, 0.3) is 0 Å². The van der Waals surface area contributed by atoms with E-state index in [-0.39, 0.29) is 10.6 Å². The molecule has 1 atom stereocenters. The minimum atomic E-state index is -4.26. The number of halogens is 1. The molecule has 0 spiro atoms. The first-order chi connectivity index (χ1) is 16.6. The molecule has 0 saturated carbocycles. The maximum absolute atomic E-state index is 13.9. The molecule has 1 amide bonds. The monoisotopic (exact) mass is 506 g/mol. The first kappa shape index (κ1) is 25.8. The van der Waals surface area contributed by atoms with Crippen LogP contribution in [0.1, 0.15) is 12.1 Å². The van der Waals surface area contributed by atoms with Crippen LogP contribution in [0.15, 0.2) is 69.1 Å². The highest BCUT2D eigenvalue weighted by Crippen LogP contribution is 2.25. The Labute approximate surface area is 199 Å². The van der Waals surface area contributed by atoms with Gasteiger partial charge in [-0.1, -0.05) is 18.2 Å². The lowest BCUT2D eigenvalue weighted by Crippen LogP contribution is -2.48. The number of benzene rings is 2. The fraction of sp³-hybridized carbons (Fsp3) is 0.227. The van der Waals surface area contributed by atoms with Gasteiger partial charge in [0.25, 0.3) is 11.5 Å². The van der Waals surface area contributed by atoms with E-state index in [1.807, 2.05) is 6.07 Å². The number of amides is 1. The highest BCUT2D eigenvalue weighted by Gasteiger charge is 2.33. The van der Waals surface area contributed by atoms with E-state index in [4.69, 9.17) is 9.94 Å². The fourth-order valence-corrected chi connectivity index (χ4v) is 4.65. The summed E-state index contributed by atoms with van der Waals surface area (Å²) < 4.78 is 47.0. The molecule has 0 saturated heterocycles. The summed E-state index contributed by atoms with van der Waals surface area (Å²) in [7, 11) is -3.16. The number of nitrogens with zero attached hydrogens (tertiary/aromatic N) is 2. The predicted octanol–water partition coefficient (Wildman–Crippen LogP) is 1.36. The number of carbonyl (C=O) groups is 1. The first-order valence-corrected chi connectivity index (χ1v) is 11.7. The molecular formula is C22H23FN4O7S. The highest BCUT2D eigenvalue weighted by molar-refractivity contribution is 7.89. The standard InChI is InChI=1S/C22H23FN4O7S/c1-14-19(23)21(29)27(22(30)24-14)13-12-18(20(28)25-31)26(2)35(32,33)17-10-8-16(9-11-17)34-15-6-4-3-5-7-15/h3-11,18,31H,12-13H2,1-2H3,(H,24,30)(H,25,28). The van der Waals surface area contributed by atoms with Crippen molar-refractivity contribution in [2.24, 2.45) is 0 Å². The summed E-state index contributed by atoms with van der Waals surface area (Å²) in [5.41, 5.74) is -1.00. The van der Waals surface area contributed by atoms with Crippen LogP contribution in [0.2, 0.25) is 0 Å². The van der Waals surface area contributed by atoms with Gasteiger partial charge in [0.1, 0.15) is 17.5 Å². The second kappa shape index (κ2) is 10.6. The van der Waals surface area contributed by atoms with Gasteiger partial charge in [0.2, 0.25) is 15.8 Å². The van der Waals surface area contributed by atoms with Gasteiger partial charge in [0.15, 0.2) is 0 Å². The summed E-state index contributed by atoms with van der Waals surface area (Å²) in [6.07, 6.45) is -0.414. The third-order valence-corrected chi connectivity index (χ3v) is 7.14. The largest absolute Gasteiger partial charge is 0.457 e. The smallest absolute Gasteiger partial charge is 0.328 e. The minimum absolute atomic E-state index is 0.174. The van der Waals surface area contributed by atoms with Crippen molar-refractivity contribution in [2.75, 3.05) is 7.05 Å². The average molecular weight is 507 g/mol. The summed E-state index contributed by atoms with van der Waals surface area (Å²) >= 11 is 0. The SMILES string of the molecule is Cc1[nH]c(=O)n(CCC(C(=O)NO)N(C)S(=O)(=O)c2ccc(Oc3ccccc3)cc2)c(=O)c1F. The maximum Gasteiger partial charge on any atom is 0.328 e. The maximum atomic E-state index is 13.9. The minimum Gasteiger partial charge on any atom is -0.457 e. The molecule has 1 aromatic heterocycles. The number of aromatic nitrogens is 2. The lowest BCUT2D eigenvalue weighted by molar-refractivity contribution is -0.133. The molecule has 35 heavy (non-hydrogen) atoms. The molecule has 0 fully saturated rings. The van der Waals surface area contributed by atoms with Gasteiger partial charge >= 0.3 is 5.69 Å². The molecule has 11 nitrogen and oxygen atoms in total. The molecule has 186 valence electrons. The number of nitrogens with one attached hydrogen (secondary N) is 2. The Hall–Kier alpha value is -3.81. The number of carbonyl (C=O) groups excluding carboxylic acids is 1. The summed E-state index contributed by atoms with van der Waals surface area (Å²) in [4.78, 5) is 38.4. The Balaban J connectivity index is 1.83. The van der Waals surface area contributed by atoms with E-state index in [0.717, 1.165) is 7.05 Å². The van der Waals surface area contributed by atoms with Gasteiger partial charge in [-0.15, -0.1) is 0 Å². The molecule has 3 aromatic rings. The van der Waals surface area contributed by atoms with E-state index in [9.17, 15) is 27.2 Å². The van der Waals surface area contributed by atoms with Gasteiger partial charge in [-0.05, 0) is 49.7 Å². The molecule has 0 aliphatic heterocycles. The third kappa shape index (κ3) is 5.65. The second-order valence-electron chi connectivity index (χ2n) is 7.51. The van der Waals surface area contributed by atoms with Crippen molar-refractivity contribution in [3.63, 3.8) is 0 Å². The molecule has 0 radical (unpaired) electrons. The lowest BCUT2D eigenvalue weighted by atomic mass is 10.2. The zero-order chi connectivity index (χ0) is 25.8. The number of sulfonamides is 1. The molecule has 13 heteroatoms. The number of aromatic amines is 1. The van der Waals surface area contributed by atoms with E-state index in [0.29, 0.717) is 20.4 Å². The molecule has 2 aromatic carbocycles. The van der Waals surface area contributed by atoms with E-state index in [1.165, 1.54) is 36.7 Å².